The van der Waals surface area contributed by atoms with Crippen molar-refractivity contribution in [3.05, 3.63) is 234 Å². The summed E-state index contributed by atoms with van der Waals surface area (Å²) in [5, 5.41) is 0. The Hall–Kier alpha value is -7.44. The average Bonchev–Trinajstić information content (AvgIpc) is 3.87. The highest BCUT2D eigenvalue weighted by Gasteiger charge is 2.31. The highest BCUT2D eigenvalue weighted by atomic mass is 15.4. The standard InChI is InChI=1S/C17H18N2.C16H18N2.2C15H18N/c1-14-8-6-7-11-17(14)19-13-12-18(15(19)2)16-9-4-3-5-10-16;1-12-8-4-5-9-14(12)18-13(2)17(3)15-10-6-7-11-16(15)18;2*1-4-13-9-10-15(16(3)11-13)14-8-6-5-7-12(14)2/h3-13,15H,1-2H3;4-11,13H,1-3H3;2*5-11H,4H2,1-3H3/q;;2*+1/i;;4D2;. The summed E-state index contributed by atoms with van der Waals surface area (Å²) in [5.74, 6) is 0. The number of fused-ring (bicyclic) bond motifs is 1. The van der Waals surface area contributed by atoms with Gasteiger partial charge in [0.2, 0.25) is 11.4 Å². The van der Waals surface area contributed by atoms with Crippen molar-refractivity contribution in [3.63, 3.8) is 0 Å². The van der Waals surface area contributed by atoms with Crippen LogP contribution in [0.5, 0.6) is 0 Å². The number of rotatable bonds is 7. The van der Waals surface area contributed by atoms with Gasteiger partial charge in [0.05, 0.1) is 11.4 Å². The minimum atomic E-state index is -1.30. The molecule has 8 aromatic rings. The van der Waals surface area contributed by atoms with E-state index < -0.39 is 6.37 Å². The van der Waals surface area contributed by atoms with Crippen LogP contribution in [0.2, 0.25) is 0 Å². The van der Waals surface area contributed by atoms with Crippen molar-refractivity contribution in [2.24, 2.45) is 14.1 Å². The van der Waals surface area contributed by atoms with Crippen LogP contribution in [0.4, 0.5) is 28.4 Å². The molecule has 0 amide bonds. The molecule has 6 aromatic carbocycles. The molecule has 6 nitrogen and oxygen atoms in total. The molecule has 0 bridgehead atoms. The van der Waals surface area contributed by atoms with Crippen LogP contribution in [0.3, 0.4) is 0 Å². The van der Waals surface area contributed by atoms with E-state index in [9.17, 15) is 0 Å². The van der Waals surface area contributed by atoms with Crippen LogP contribution in [0.25, 0.3) is 22.5 Å². The third kappa shape index (κ3) is 11.5. The van der Waals surface area contributed by atoms with Crippen molar-refractivity contribution in [1.29, 1.82) is 0 Å². The largest absolute Gasteiger partial charge is 0.353 e. The summed E-state index contributed by atoms with van der Waals surface area (Å²) in [6.07, 6.45) is 8.80. The lowest BCUT2D eigenvalue weighted by molar-refractivity contribution is -0.660. The molecule has 2 atom stereocenters. The molecule has 10 rings (SSSR count). The van der Waals surface area contributed by atoms with E-state index in [1.165, 1.54) is 73.1 Å². The van der Waals surface area contributed by atoms with Crippen molar-refractivity contribution in [2.45, 2.75) is 80.5 Å². The molecule has 2 aliphatic rings. The first-order valence-electron chi connectivity index (χ1n) is 25.2. The maximum Gasteiger partial charge on any atom is 0.212 e. The van der Waals surface area contributed by atoms with Gasteiger partial charge in [-0.2, -0.15) is 0 Å². The first-order valence-corrected chi connectivity index (χ1v) is 24.2. The smallest absolute Gasteiger partial charge is 0.212 e. The van der Waals surface area contributed by atoms with Gasteiger partial charge in [-0.25, -0.2) is 9.13 Å². The monoisotopic (exact) mass is 915 g/mol. The minimum absolute atomic E-state index is 0.295. The summed E-state index contributed by atoms with van der Waals surface area (Å²) in [6.45, 7) is 16.8. The molecule has 0 aliphatic carbocycles. The molecule has 0 spiro atoms. The van der Waals surface area contributed by atoms with Crippen LogP contribution in [0.1, 0.15) is 63.8 Å². The Balaban J connectivity index is 0.000000139. The van der Waals surface area contributed by atoms with E-state index in [1.54, 1.807) is 6.92 Å². The minimum Gasteiger partial charge on any atom is -0.353 e. The fraction of sp³-hybridized carbons (Fsp3) is 0.238. The summed E-state index contributed by atoms with van der Waals surface area (Å²) in [4.78, 5) is 9.32. The first-order chi connectivity index (χ1) is 34.1. The quantitative estimate of drug-likeness (QED) is 0.148. The van der Waals surface area contributed by atoms with E-state index in [0.717, 1.165) is 12.1 Å². The SMILES string of the molecule is CCc1ccc(-c2ccccc2C)[n+](C)c1.Cc1ccccc1N1C=CN(c2ccccc2)C1C.Cc1ccccc1N1c2ccccc2N(C)C1C.[2H]C([2H])(C)c1ccc(-c2ccccc2C)[n+](C)c1. The molecule has 2 aromatic heterocycles. The Morgan fingerprint density at radius 1 is 0.449 bits per heavy atom. The van der Waals surface area contributed by atoms with Crippen LogP contribution >= 0.6 is 0 Å². The predicted molar refractivity (Wildman–Crippen MR) is 293 cm³/mol. The number of benzene rings is 6. The Kier molecular flexibility index (Phi) is 15.6. The van der Waals surface area contributed by atoms with E-state index in [1.807, 2.05) is 48.1 Å². The van der Waals surface area contributed by atoms with E-state index >= 15 is 0 Å². The lowest BCUT2D eigenvalue weighted by atomic mass is 10.0. The molecule has 0 radical (unpaired) electrons. The molecule has 6 heteroatoms. The number of nitrogens with zero attached hydrogens (tertiary/aromatic N) is 6. The number of pyridine rings is 2. The second-order valence-corrected chi connectivity index (χ2v) is 17.9. The fourth-order valence-corrected chi connectivity index (χ4v) is 9.18. The first kappa shape index (κ1) is 46.7. The van der Waals surface area contributed by atoms with Crippen molar-refractivity contribution < 1.29 is 11.9 Å². The zero-order chi connectivity index (χ0) is 50.8. The van der Waals surface area contributed by atoms with Gasteiger partial charge in [-0.3, -0.25) is 0 Å². The van der Waals surface area contributed by atoms with Crippen LogP contribution in [-0.2, 0) is 26.9 Å². The fourth-order valence-electron chi connectivity index (χ4n) is 9.18. The molecule has 0 N–H and O–H groups in total. The van der Waals surface area contributed by atoms with Crippen LogP contribution < -0.4 is 28.7 Å². The van der Waals surface area contributed by atoms with Gasteiger partial charge in [0.1, 0.15) is 26.4 Å². The highest BCUT2D eigenvalue weighted by Crippen LogP contribution is 2.43. The molecule has 0 saturated heterocycles. The number of hydrogen-bond donors (Lipinski definition) is 0. The number of aryl methyl sites for hydroxylation is 8. The topological polar surface area (TPSA) is 20.7 Å². The molecule has 2 unspecified atom stereocenters. The third-order valence-electron chi connectivity index (χ3n) is 13.3. The summed E-state index contributed by atoms with van der Waals surface area (Å²) in [6, 6.07) is 61.1. The Bertz CT molecular complexity index is 3070. The van der Waals surface area contributed by atoms with Crippen LogP contribution in [0, 0.1) is 27.7 Å². The van der Waals surface area contributed by atoms with E-state index in [-0.39, 0.29) is 0 Å². The van der Waals surface area contributed by atoms with Crippen molar-refractivity contribution in [3.8, 4) is 22.5 Å². The van der Waals surface area contributed by atoms with Gasteiger partial charge >= 0.3 is 0 Å². The van der Waals surface area contributed by atoms with Crippen molar-refractivity contribution >= 4 is 28.4 Å². The molecule has 0 fully saturated rings. The highest BCUT2D eigenvalue weighted by molar-refractivity contribution is 5.84. The van der Waals surface area contributed by atoms with Gasteiger partial charge in [0.15, 0.2) is 12.4 Å². The van der Waals surface area contributed by atoms with E-state index in [0.29, 0.717) is 17.9 Å². The van der Waals surface area contributed by atoms with Crippen molar-refractivity contribution in [1.82, 2.24) is 0 Å². The molecule has 69 heavy (non-hydrogen) atoms. The molecule has 2 aliphatic heterocycles. The zero-order valence-corrected chi connectivity index (χ0v) is 42.6. The van der Waals surface area contributed by atoms with Gasteiger partial charge in [-0.15, -0.1) is 0 Å². The van der Waals surface area contributed by atoms with Crippen molar-refractivity contribution in [2.75, 3.05) is 26.6 Å². The predicted octanol–water partition coefficient (Wildman–Crippen LogP) is 14.2. The molecule has 0 saturated carbocycles. The summed E-state index contributed by atoms with van der Waals surface area (Å²) in [5.41, 5.74) is 18.5. The molecular weight excluding hydrogens is 841 g/mol. The summed E-state index contributed by atoms with van der Waals surface area (Å²) >= 11 is 0. The second-order valence-electron chi connectivity index (χ2n) is 17.9. The van der Waals surface area contributed by atoms with E-state index in [2.05, 4.69) is 251 Å². The Morgan fingerprint density at radius 2 is 0.884 bits per heavy atom. The second kappa shape index (κ2) is 23.0. The zero-order valence-electron chi connectivity index (χ0n) is 44.6. The lowest BCUT2D eigenvalue weighted by Gasteiger charge is -2.30. The van der Waals surface area contributed by atoms with Gasteiger partial charge in [-0.1, -0.05) is 117 Å². The molecule has 352 valence electrons. The Labute approximate surface area is 416 Å². The van der Waals surface area contributed by atoms with Gasteiger partial charge < -0.3 is 19.6 Å². The summed E-state index contributed by atoms with van der Waals surface area (Å²) < 4.78 is 19.7. The van der Waals surface area contributed by atoms with Gasteiger partial charge in [0, 0.05) is 73.6 Å². The average molecular weight is 915 g/mol. The summed E-state index contributed by atoms with van der Waals surface area (Å²) in [7, 11) is 6.22. The molecule has 4 heterocycles. The normalized spacial score (nSPS) is 15.2. The molecular formula is C63H72N6+2. The number of para-hydroxylation sites is 5. The van der Waals surface area contributed by atoms with E-state index in [4.69, 9.17) is 2.74 Å². The third-order valence-corrected chi connectivity index (χ3v) is 13.3. The maximum absolute atomic E-state index is 7.74. The van der Waals surface area contributed by atoms with Gasteiger partial charge in [0.25, 0.3) is 0 Å². The van der Waals surface area contributed by atoms with Gasteiger partial charge in [-0.05, 0) is 137 Å². The number of hydrogen-bond acceptors (Lipinski definition) is 4. The lowest BCUT2D eigenvalue weighted by Crippen LogP contribution is -2.36. The maximum atomic E-state index is 7.74. The van der Waals surface area contributed by atoms with Crippen LogP contribution in [-0.4, -0.2) is 19.4 Å². The number of anilines is 5. The number of aromatic nitrogens is 2. The Morgan fingerprint density at radius 3 is 1.39 bits per heavy atom. The van der Waals surface area contributed by atoms with Crippen LogP contribution in [0.15, 0.2) is 201 Å².